The summed E-state index contributed by atoms with van der Waals surface area (Å²) in [6.45, 7) is 1.25. The molecule has 5 heteroatoms. The van der Waals surface area contributed by atoms with E-state index in [1.807, 2.05) is 35.2 Å². The van der Waals surface area contributed by atoms with Crippen molar-refractivity contribution in [1.82, 2.24) is 10.2 Å². The normalized spacial score (nSPS) is 15.8. The van der Waals surface area contributed by atoms with Crippen molar-refractivity contribution >= 4 is 11.8 Å². The summed E-state index contributed by atoms with van der Waals surface area (Å²) in [5, 5.41) is 2.99. The summed E-state index contributed by atoms with van der Waals surface area (Å²) in [4.78, 5) is 25.9. The molecule has 1 N–H and O–H groups in total. The molecule has 5 nitrogen and oxygen atoms in total. The van der Waals surface area contributed by atoms with E-state index in [2.05, 4.69) is 5.32 Å². The average molecular weight is 298 g/mol. The highest BCUT2D eigenvalue weighted by atomic mass is 16.3. The molecule has 0 saturated carbocycles. The molecular formula is C17H18N2O3. The van der Waals surface area contributed by atoms with Gasteiger partial charge >= 0.3 is 0 Å². The van der Waals surface area contributed by atoms with Crippen LogP contribution >= 0.6 is 0 Å². The number of nitrogens with one attached hydrogen (secondary N) is 1. The Morgan fingerprint density at radius 3 is 2.73 bits per heavy atom. The van der Waals surface area contributed by atoms with Crippen LogP contribution in [0.4, 0.5) is 0 Å². The molecule has 114 valence electrons. The highest BCUT2D eigenvalue weighted by Gasteiger charge is 2.25. The molecule has 1 aromatic carbocycles. The topological polar surface area (TPSA) is 62.6 Å². The zero-order chi connectivity index (χ0) is 15.4. The van der Waals surface area contributed by atoms with Gasteiger partial charge in [-0.3, -0.25) is 9.59 Å². The maximum absolute atomic E-state index is 12.3. The van der Waals surface area contributed by atoms with Crippen LogP contribution in [0.3, 0.4) is 0 Å². The maximum Gasteiger partial charge on any atom is 0.255 e. The number of hydrogen-bond acceptors (Lipinski definition) is 3. The summed E-state index contributed by atoms with van der Waals surface area (Å²) in [7, 11) is 0. The molecule has 22 heavy (non-hydrogen) atoms. The first-order valence-corrected chi connectivity index (χ1v) is 7.40. The van der Waals surface area contributed by atoms with Crippen LogP contribution in [0.15, 0.2) is 53.3 Å². The molecule has 1 aromatic heterocycles. The SMILES string of the molecule is O=C(NC(CN1CCCC1=O)c1ccccc1)c1ccoc1. The predicted molar refractivity (Wildman–Crippen MR) is 81.2 cm³/mol. The molecular weight excluding hydrogens is 280 g/mol. The molecule has 1 aliphatic rings. The fourth-order valence-electron chi connectivity index (χ4n) is 2.67. The molecule has 0 aliphatic carbocycles. The number of hydrogen-bond donors (Lipinski definition) is 1. The first-order chi connectivity index (χ1) is 10.7. The van der Waals surface area contributed by atoms with Gasteiger partial charge in [-0.25, -0.2) is 0 Å². The van der Waals surface area contributed by atoms with Crippen LogP contribution in [0.1, 0.15) is 34.8 Å². The monoisotopic (exact) mass is 298 g/mol. The van der Waals surface area contributed by atoms with Crippen molar-refractivity contribution < 1.29 is 14.0 Å². The zero-order valence-corrected chi connectivity index (χ0v) is 12.2. The van der Waals surface area contributed by atoms with Gasteiger partial charge < -0.3 is 14.6 Å². The molecule has 1 saturated heterocycles. The van der Waals surface area contributed by atoms with Crippen molar-refractivity contribution in [1.29, 1.82) is 0 Å². The van der Waals surface area contributed by atoms with Crippen LogP contribution in [0.2, 0.25) is 0 Å². The molecule has 3 rings (SSSR count). The molecule has 2 aromatic rings. The summed E-state index contributed by atoms with van der Waals surface area (Å²) in [6, 6.07) is 11.1. The first kappa shape index (κ1) is 14.4. The Morgan fingerprint density at radius 1 is 1.27 bits per heavy atom. The minimum Gasteiger partial charge on any atom is -0.472 e. The molecule has 0 radical (unpaired) electrons. The van der Waals surface area contributed by atoms with Crippen LogP contribution in [0, 0.1) is 0 Å². The lowest BCUT2D eigenvalue weighted by Crippen LogP contribution is -2.38. The lowest BCUT2D eigenvalue weighted by molar-refractivity contribution is -0.128. The molecule has 1 atom stereocenters. The number of furan rings is 1. The highest BCUT2D eigenvalue weighted by molar-refractivity contribution is 5.94. The number of rotatable bonds is 5. The summed E-state index contributed by atoms with van der Waals surface area (Å²) in [5.41, 5.74) is 1.47. The van der Waals surface area contributed by atoms with Crippen LogP contribution < -0.4 is 5.32 Å². The van der Waals surface area contributed by atoms with E-state index in [0.717, 1.165) is 18.5 Å². The number of likely N-dealkylation sites (tertiary alicyclic amines) is 1. The lowest BCUT2D eigenvalue weighted by Gasteiger charge is -2.25. The smallest absolute Gasteiger partial charge is 0.255 e. The molecule has 0 bridgehead atoms. The van der Waals surface area contributed by atoms with Gasteiger partial charge in [0.15, 0.2) is 0 Å². The van der Waals surface area contributed by atoms with E-state index in [1.165, 1.54) is 12.5 Å². The second kappa shape index (κ2) is 6.47. The van der Waals surface area contributed by atoms with Crippen molar-refractivity contribution in [3.8, 4) is 0 Å². The standard InChI is InChI=1S/C17H18N2O3/c20-16-7-4-9-19(16)11-15(13-5-2-1-3-6-13)18-17(21)14-8-10-22-12-14/h1-3,5-6,8,10,12,15H,4,7,9,11H2,(H,18,21). The van der Waals surface area contributed by atoms with Crippen LogP contribution in [0.25, 0.3) is 0 Å². The van der Waals surface area contributed by atoms with E-state index in [0.29, 0.717) is 18.5 Å². The average Bonchev–Trinajstić information content (AvgIpc) is 3.20. The Labute approximate surface area is 128 Å². The largest absolute Gasteiger partial charge is 0.472 e. The third-order valence-corrected chi connectivity index (χ3v) is 3.86. The number of benzene rings is 1. The fourth-order valence-corrected chi connectivity index (χ4v) is 2.67. The highest BCUT2D eigenvalue weighted by Crippen LogP contribution is 2.19. The van der Waals surface area contributed by atoms with Crippen molar-refractivity contribution in [2.24, 2.45) is 0 Å². The molecule has 0 spiro atoms. The Bertz CT molecular complexity index is 637. The van der Waals surface area contributed by atoms with Gasteiger partial charge in [-0.2, -0.15) is 0 Å². The van der Waals surface area contributed by atoms with Crippen LogP contribution in [0.5, 0.6) is 0 Å². The lowest BCUT2D eigenvalue weighted by atomic mass is 10.1. The quantitative estimate of drug-likeness (QED) is 0.921. The van der Waals surface area contributed by atoms with E-state index in [4.69, 9.17) is 4.42 Å². The van der Waals surface area contributed by atoms with Crippen molar-refractivity contribution in [2.45, 2.75) is 18.9 Å². The molecule has 2 heterocycles. The van der Waals surface area contributed by atoms with Gasteiger partial charge in [-0.05, 0) is 18.1 Å². The first-order valence-electron chi connectivity index (χ1n) is 7.40. The summed E-state index contributed by atoms with van der Waals surface area (Å²) >= 11 is 0. The zero-order valence-electron chi connectivity index (χ0n) is 12.2. The van der Waals surface area contributed by atoms with Gasteiger partial charge in [0.2, 0.25) is 5.91 Å². The van der Waals surface area contributed by atoms with Gasteiger partial charge in [-0.15, -0.1) is 0 Å². The van der Waals surface area contributed by atoms with Crippen molar-refractivity contribution in [3.63, 3.8) is 0 Å². The van der Waals surface area contributed by atoms with E-state index in [9.17, 15) is 9.59 Å². The molecule has 1 unspecified atom stereocenters. The number of nitrogens with zero attached hydrogens (tertiary/aromatic N) is 1. The minimum atomic E-state index is -0.231. The summed E-state index contributed by atoms with van der Waals surface area (Å²) in [6.07, 6.45) is 4.36. The van der Waals surface area contributed by atoms with Crippen LogP contribution in [-0.2, 0) is 4.79 Å². The van der Waals surface area contributed by atoms with Crippen LogP contribution in [-0.4, -0.2) is 29.8 Å². The Hall–Kier alpha value is -2.56. The molecule has 2 amide bonds. The number of amides is 2. The Morgan fingerprint density at radius 2 is 2.09 bits per heavy atom. The third-order valence-electron chi connectivity index (χ3n) is 3.86. The second-order valence-corrected chi connectivity index (χ2v) is 5.39. The van der Waals surface area contributed by atoms with E-state index in [1.54, 1.807) is 6.07 Å². The van der Waals surface area contributed by atoms with Gasteiger partial charge in [-0.1, -0.05) is 30.3 Å². The summed E-state index contributed by atoms with van der Waals surface area (Å²) < 4.78 is 4.95. The van der Waals surface area contributed by atoms with E-state index in [-0.39, 0.29) is 17.9 Å². The van der Waals surface area contributed by atoms with Gasteiger partial charge in [0.1, 0.15) is 6.26 Å². The fraction of sp³-hybridized carbons (Fsp3) is 0.294. The minimum absolute atomic E-state index is 0.151. The van der Waals surface area contributed by atoms with E-state index >= 15 is 0 Å². The number of carbonyl (C=O) groups excluding carboxylic acids is 2. The van der Waals surface area contributed by atoms with Gasteiger partial charge in [0.25, 0.3) is 5.91 Å². The summed E-state index contributed by atoms with van der Waals surface area (Å²) in [5.74, 6) is -0.0484. The number of carbonyl (C=O) groups is 2. The van der Waals surface area contributed by atoms with Gasteiger partial charge in [0, 0.05) is 19.5 Å². The van der Waals surface area contributed by atoms with Crippen molar-refractivity contribution in [2.75, 3.05) is 13.1 Å². The van der Waals surface area contributed by atoms with E-state index < -0.39 is 0 Å². The Kier molecular flexibility index (Phi) is 4.23. The van der Waals surface area contributed by atoms with Crippen molar-refractivity contribution in [3.05, 3.63) is 60.1 Å². The molecule has 1 fully saturated rings. The van der Waals surface area contributed by atoms with Gasteiger partial charge in [0.05, 0.1) is 17.9 Å². The predicted octanol–water partition coefficient (Wildman–Crippen LogP) is 2.37. The Balaban J connectivity index is 1.77. The third kappa shape index (κ3) is 3.19. The molecule has 1 aliphatic heterocycles. The maximum atomic E-state index is 12.3. The second-order valence-electron chi connectivity index (χ2n) is 5.39.